The van der Waals surface area contributed by atoms with Crippen LogP contribution in [0.25, 0.3) is 6.08 Å². The Kier molecular flexibility index (Phi) is 5.53. The number of rotatable bonds is 3. The normalized spacial score (nSPS) is 12.7. The zero-order valence-corrected chi connectivity index (χ0v) is 14.7. The summed E-state index contributed by atoms with van der Waals surface area (Å²) in [6, 6.07) is 12.5. The topological polar surface area (TPSA) is 59.6 Å². The van der Waals surface area contributed by atoms with Crippen LogP contribution in [0.3, 0.4) is 0 Å². The monoisotopic (exact) mass is 374 g/mol. The minimum atomic E-state index is -0.329. The molecule has 1 amide bonds. The van der Waals surface area contributed by atoms with E-state index < -0.39 is 0 Å². The van der Waals surface area contributed by atoms with E-state index in [1.54, 1.807) is 36.4 Å². The van der Waals surface area contributed by atoms with E-state index in [0.29, 0.717) is 35.4 Å². The summed E-state index contributed by atoms with van der Waals surface area (Å²) in [5.74, 6) is 1.01. The second-order valence-electron chi connectivity index (χ2n) is 5.19. The molecule has 3 rings (SSSR count). The minimum Gasteiger partial charge on any atom is -0.486 e. The number of thiocarbonyl (C=S) groups is 1. The van der Waals surface area contributed by atoms with E-state index in [2.05, 4.69) is 10.6 Å². The third kappa shape index (κ3) is 4.95. The summed E-state index contributed by atoms with van der Waals surface area (Å²) in [5.41, 5.74) is 1.57. The van der Waals surface area contributed by atoms with E-state index in [-0.39, 0.29) is 11.0 Å². The molecule has 0 spiro atoms. The summed E-state index contributed by atoms with van der Waals surface area (Å²) >= 11 is 11.0. The molecule has 0 bridgehead atoms. The number of anilines is 1. The lowest BCUT2D eigenvalue weighted by Gasteiger charge is -2.19. The van der Waals surface area contributed by atoms with Gasteiger partial charge in [0.15, 0.2) is 16.6 Å². The molecule has 128 valence electrons. The van der Waals surface area contributed by atoms with Gasteiger partial charge in [0.25, 0.3) is 0 Å². The lowest BCUT2D eigenvalue weighted by molar-refractivity contribution is -0.115. The predicted molar refractivity (Wildman–Crippen MR) is 102 cm³/mol. The van der Waals surface area contributed by atoms with Crippen molar-refractivity contribution < 1.29 is 14.3 Å². The molecule has 0 saturated heterocycles. The van der Waals surface area contributed by atoms with Gasteiger partial charge in [-0.3, -0.25) is 10.1 Å². The van der Waals surface area contributed by atoms with Gasteiger partial charge in [0.1, 0.15) is 13.2 Å². The fourth-order valence-electron chi connectivity index (χ4n) is 2.18. The maximum absolute atomic E-state index is 11.9. The molecule has 0 fully saturated rings. The van der Waals surface area contributed by atoms with Gasteiger partial charge < -0.3 is 14.8 Å². The first-order chi connectivity index (χ1) is 12.1. The maximum Gasteiger partial charge on any atom is 0.250 e. The molecule has 2 N–H and O–H groups in total. The third-order valence-corrected chi connectivity index (χ3v) is 3.79. The largest absolute Gasteiger partial charge is 0.486 e. The van der Waals surface area contributed by atoms with E-state index in [9.17, 15) is 4.79 Å². The second-order valence-corrected chi connectivity index (χ2v) is 6.03. The van der Waals surface area contributed by atoms with Crippen molar-refractivity contribution in [2.24, 2.45) is 0 Å². The molecule has 25 heavy (non-hydrogen) atoms. The van der Waals surface area contributed by atoms with Crippen LogP contribution in [-0.4, -0.2) is 24.2 Å². The fourth-order valence-corrected chi connectivity index (χ4v) is 2.53. The van der Waals surface area contributed by atoms with Crippen molar-refractivity contribution in [3.63, 3.8) is 0 Å². The molecular weight excluding hydrogens is 360 g/mol. The number of nitrogens with one attached hydrogen (secondary N) is 2. The highest BCUT2D eigenvalue weighted by atomic mass is 35.5. The first-order valence-electron chi connectivity index (χ1n) is 7.55. The number of fused-ring (bicyclic) bond motifs is 1. The van der Waals surface area contributed by atoms with Crippen LogP contribution in [0.1, 0.15) is 5.56 Å². The number of hydrogen-bond acceptors (Lipinski definition) is 4. The summed E-state index contributed by atoms with van der Waals surface area (Å²) in [7, 11) is 0. The summed E-state index contributed by atoms with van der Waals surface area (Å²) in [6.07, 6.45) is 3.08. The van der Waals surface area contributed by atoms with Gasteiger partial charge in [-0.2, -0.15) is 0 Å². The van der Waals surface area contributed by atoms with Gasteiger partial charge in [-0.25, -0.2) is 0 Å². The molecule has 0 aromatic heterocycles. The van der Waals surface area contributed by atoms with Crippen molar-refractivity contribution in [2.75, 3.05) is 18.5 Å². The van der Waals surface area contributed by atoms with E-state index in [1.165, 1.54) is 6.08 Å². The third-order valence-electron chi connectivity index (χ3n) is 3.33. The number of ether oxygens (including phenoxy) is 2. The predicted octanol–water partition coefficient (Wildman–Crippen LogP) is 3.64. The Morgan fingerprint density at radius 2 is 1.80 bits per heavy atom. The van der Waals surface area contributed by atoms with Gasteiger partial charge in [0, 0.05) is 22.9 Å². The summed E-state index contributed by atoms with van der Waals surface area (Å²) < 4.78 is 11.0. The Bertz CT molecular complexity index is 822. The molecule has 1 heterocycles. The van der Waals surface area contributed by atoms with Crippen molar-refractivity contribution in [1.29, 1.82) is 0 Å². The molecule has 7 heteroatoms. The standard InChI is InChI=1S/C18H15ClN2O3S/c19-13-4-1-12(2-5-13)3-8-17(22)21-18(25)20-14-6-7-15-16(11-14)24-10-9-23-15/h1-8,11H,9-10H2,(H2,20,21,22,25)/b8-3+. The Hall–Kier alpha value is -2.57. The van der Waals surface area contributed by atoms with Crippen LogP contribution in [0, 0.1) is 0 Å². The van der Waals surface area contributed by atoms with Crippen molar-refractivity contribution in [2.45, 2.75) is 0 Å². The molecule has 0 radical (unpaired) electrons. The van der Waals surface area contributed by atoms with Crippen LogP contribution in [-0.2, 0) is 4.79 Å². The van der Waals surface area contributed by atoms with Crippen molar-refractivity contribution in [3.8, 4) is 11.5 Å². The SMILES string of the molecule is O=C(/C=C/c1ccc(Cl)cc1)NC(=S)Nc1ccc2c(c1)OCCO2. The zero-order valence-electron chi connectivity index (χ0n) is 13.1. The van der Waals surface area contributed by atoms with Crippen LogP contribution in [0.2, 0.25) is 5.02 Å². The summed E-state index contributed by atoms with van der Waals surface area (Å²) in [4.78, 5) is 11.9. The van der Waals surface area contributed by atoms with E-state index in [1.807, 2.05) is 12.1 Å². The molecule has 0 unspecified atom stereocenters. The molecule has 5 nitrogen and oxygen atoms in total. The smallest absolute Gasteiger partial charge is 0.250 e. The van der Waals surface area contributed by atoms with Crippen molar-refractivity contribution in [3.05, 3.63) is 59.1 Å². The maximum atomic E-state index is 11.9. The van der Waals surface area contributed by atoms with Crippen molar-refractivity contribution >= 4 is 46.6 Å². The molecule has 2 aromatic rings. The minimum absolute atomic E-state index is 0.197. The second kappa shape index (κ2) is 8.00. The van der Waals surface area contributed by atoms with Crippen LogP contribution < -0.4 is 20.1 Å². The number of benzene rings is 2. The van der Waals surface area contributed by atoms with Crippen LogP contribution in [0.15, 0.2) is 48.5 Å². The quantitative estimate of drug-likeness (QED) is 0.634. The Morgan fingerprint density at radius 1 is 1.08 bits per heavy atom. The van der Waals surface area contributed by atoms with E-state index in [4.69, 9.17) is 33.3 Å². The Labute approximate surface area is 155 Å². The highest BCUT2D eigenvalue weighted by molar-refractivity contribution is 7.80. The summed E-state index contributed by atoms with van der Waals surface area (Å²) in [5, 5.41) is 6.37. The van der Waals surface area contributed by atoms with Gasteiger partial charge >= 0.3 is 0 Å². The van der Waals surface area contributed by atoms with Crippen molar-refractivity contribution in [1.82, 2.24) is 5.32 Å². The summed E-state index contributed by atoms with van der Waals surface area (Å²) in [6.45, 7) is 1.04. The lowest BCUT2D eigenvalue weighted by Crippen LogP contribution is -2.32. The van der Waals surface area contributed by atoms with E-state index in [0.717, 1.165) is 5.56 Å². The lowest BCUT2D eigenvalue weighted by atomic mass is 10.2. The molecule has 1 aliphatic heterocycles. The van der Waals surface area contributed by atoms with Gasteiger partial charge in [-0.05, 0) is 48.1 Å². The number of carbonyl (C=O) groups is 1. The average Bonchev–Trinajstić information content (AvgIpc) is 2.61. The number of halogens is 1. The van der Waals surface area contributed by atoms with Crippen LogP contribution >= 0.6 is 23.8 Å². The molecule has 2 aromatic carbocycles. The number of carbonyl (C=O) groups excluding carboxylic acids is 1. The molecule has 0 aliphatic carbocycles. The molecule has 0 saturated carbocycles. The van der Waals surface area contributed by atoms with E-state index >= 15 is 0 Å². The first-order valence-corrected chi connectivity index (χ1v) is 8.34. The van der Waals surface area contributed by atoms with Crippen LogP contribution in [0.5, 0.6) is 11.5 Å². The fraction of sp³-hybridized carbons (Fsp3) is 0.111. The highest BCUT2D eigenvalue weighted by Gasteiger charge is 2.12. The Balaban J connectivity index is 1.55. The number of amides is 1. The van der Waals surface area contributed by atoms with Gasteiger partial charge in [0.05, 0.1) is 0 Å². The van der Waals surface area contributed by atoms with Gasteiger partial charge in [-0.1, -0.05) is 23.7 Å². The van der Waals surface area contributed by atoms with Crippen LogP contribution in [0.4, 0.5) is 5.69 Å². The molecule has 1 aliphatic rings. The average molecular weight is 375 g/mol. The van der Waals surface area contributed by atoms with Gasteiger partial charge in [-0.15, -0.1) is 0 Å². The molecule has 0 atom stereocenters. The highest BCUT2D eigenvalue weighted by Crippen LogP contribution is 2.32. The number of hydrogen-bond donors (Lipinski definition) is 2. The van der Waals surface area contributed by atoms with Gasteiger partial charge in [0.2, 0.25) is 5.91 Å². The zero-order chi connectivity index (χ0) is 17.6. The Morgan fingerprint density at radius 3 is 2.56 bits per heavy atom. The molecular formula is C18H15ClN2O3S. The first kappa shape index (κ1) is 17.3.